The normalized spacial score (nSPS) is 10.8. The van der Waals surface area contributed by atoms with Crippen molar-refractivity contribution >= 4 is 39.2 Å². The molecule has 0 unspecified atom stereocenters. The van der Waals surface area contributed by atoms with E-state index in [0.29, 0.717) is 5.69 Å². The third-order valence-corrected chi connectivity index (χ3v) is 5.02. The van der Waals surface area contributed by atoms with Gasteiger partial charge in [-0.05, 0) is 48.5 Å². The third kappa shape index (κ3) is 5.36. The van der Waals surface area contributed by atoms with Crippen molar-refractivity contribution in [3.8, 4) is 0 Å². The molecule has 0 fully saturated rings. The van der Waals surface area contributed by atoms with Gasteiger partial charge in [-0.2, -0.15) is 0 Å². The molecular formula is C19H17N5O4S. The molecule has 2 aromatic heterocycles. The molecule has 0 spiro atoms. The Morgan fingerprint density at radius 1 is 0.862 bits per heavy atom. The predicted molar refractivity (Wildman–Crippen MR) is 108 cm³/mol. The summed E-state index contributed by atoms with van der Waals surface area (Å²) in [5.74, 6) is -0.267. The maximum Gasteiger partial charge on any atom is 0.263 e. The van der Waals surface area contributed by atoms with E-state index >= 15 is 0 Å². The Morgan fingerprint density at radius 3 is 2.24 bits per heavy atom. The number of aromatic nitrogens is 2. The summed E-state index contributed by atoms with van der Waals surface area (Å²) >= 11 is 0. The molecule has 148 valence electrons. The van der Waals surface area contributed by atoms with Gasteiger partial charge >= 0.3 is 0 Å². The minimum absolute atomic E-state index is 0.0259. The number of amides is 2. The molecule has 29 heavy (non-hydrogen) atoms. The van der Waals surface area contributed by atoms with Crippen LogP contribution < -0.4 is 15.4 Å². The third-order valence-electron chi connectivity index (χ3n) is 3.65. The molecule has 0 atom stereocenters. The Labute approximate surface area is 167 Å². The quantitative estimate of drug-likeness (QED) is 0.571. The summed E-state index contributed by atoms with van der Waals surface area (Å²) in [5, 5.41) is 5.16. The lowest BCUT2D eigenvalue weighted by Crippen LogP contribution is -2.15. The standard InChI is InChI=1S/C19H17N5O4S/c1-13(25)22-18-12-14(9-11-21-18)19(26)23-15-5-7-16(8-6-15)29(27,28)24-17-4-2-3-10-20-17/h2-12H,1H3,(H,20,24)(H,23,26)(H,21,22,25). The molecule has 3 aromatic rings. The van der Waals surface area contributed by atoms with Crippen LogP contribution in [0.2, 0.25) is 0 Å². The zero-order valence-corrected chi connectivity index (χ0v) is 16.1. The second-order valence-electron chi connectivity index (χ2n) is 5.91. The van der Waals surface area contributed by atoms with Gasteiger partial charge < -0.3 is 10.6 Å². The highest BCUT2D eigenvalue weighted by Gasteiger charge is 2.15. The van der Waals surface area contributed by atoms with E-state index in [2.05, 4.69) is 25.3 Å². The van der Waals surface area contributed by atoms with Crippen LogP contribution in [0.25, 0.3) is 0 Å². The molecule has 3 N–H and O–H groups in total. The lowest BCUT2D eigenvalue weighted by Gasteiger charge is -2.09. The van der Waals surface area contributed by atoms with Crippen molar-refractivity contribution in [3.05, 3.63) is 72.6 Å². The van der Waals surface area contributed by atoms with Crippen LogP contribution in [-0.4, -0.2) is 30.2 Å². The molecule has 0 aliphatic heterocycles. The minimum atomic E-state index is -3.80. The van der Waals surface area contributed by atoms with Gasteiger partial charge in [-0.1, -0.05) is 6.07 Å². The van der Waals surface area contributed by atoms with Crippen molar-refractivity contribution in [3.63, 3.8) is 0 Å². The molecular weight excluding hydrogens is 394 g/mol. The number of sulfonamides is 1. The Bertz CT molecular complexity index is 1130. The van der Waals surface area contributed by atoms with Crippen LogP contribution in [0.5, 0.6) is 0 Å². The fraction of sp³-hybridized carbons (Fsp3) is 0.0526. The molecule has 0 aliphatic rings. The van der Waals surface area contributed by atoms with Crippen LogP contribution in [0.4, 0.5) is 17.3 Å². The number of nitrogens with one attached hydrogen (secondary N) is 3. The van der Waals surface area contributed by atoms with Gasteiger partial charge in [0.15, 0.2) is 0 Å². The van der Waals surface area contributed by atoms with Crippen LogP contribution in [-0.2, 0) is 14.8 Å². The van der Waals surface area contributed by atoms with Crippen LogP contribution in [0.1, 0.15) is 17.3 Å². The lowest BCUT2D eigenvalue weighted by molar-refractivity contribution is -0.114. The summed E-state index contributed by atoms with van der Waals surface area (Å²) in [6.45, 7) is 1.34. The largest absolute Gasteiger partial charge is 0.322 e. The summed E-state index contributed by atoms with van der Waals surface area (Å²) in [4.78, 5) is 31.4. The van der Waals surface area contributed by atoms with Crippen LogP contribution in [0, 0.1) is 0 Å². The van der Waals surface area contributed by atoms with Gasteiger partial charge in [-0.15, -0.1) is 0 Å². The zero-order chi connectivity index (χ0) is 20.9. The van der Waals surface area contributed by atoms with Gasteiger partial charge in [0.2, 0.25) is 5.91 Å². The number of hydrogen-bond donors (Lipinski definition) is 3. The molecule has 0 radical (unpaired) electrons. The van der Waals surface area contributed by atoms with Crippen molar-refractivity contribution in [2.24, 2.45) is 0 Å². The number of benzene rings is 1. The fourth-order valence-electron chi connectivity index (χ4n) is 2.36. The summed E-state index contributed by atoms with van der Waals surface area (Å²) < 4.78 is 27.2. The number of pyridine rings is 2. The average molecular weight is 411 g/mol. The van der Waals surface area contributed by atoms with Gasteiger partial charge in [0.25, 0.3) is 15.9 Å². The minimum Gasteiger partial charge on any atom is -0.322 e. The van der Waals surface area contributed by atoms with E-state index in [9.17, 15) is 18.0 Å². The van der Waals surface area contributed by atoms with E-state index in [0.717, 1.165) is 0 Å². The highest BCUT2D eigenvalue weighted by Crippen LogP contribution is 2.18. The first-order valence-corrected chi connectivity index (χ1v) is 9.91. The van der Waals surface area contributed by atoms with E-state index in [-0.39, 0.29) is 28.0 Å². The molecule has 0 saturated carbocycles. The molecule has 2 amide bonds. The lowest BCUT2D eigenvalue weighted by atomic mass is 10.2. The van der Waals surface area contributed by atoms with E-state index < -0.39 is 15.9 Å². The van der Waals surface area contributed by atoms with E-state index in [1.165, 1.54) is 61.8 Å². The molecule has 3 rings (SSSR count). The maximum atomic E-state index is 12.4. The average Bonchev–Trinajstić information content (AvgIpc) is 2.68. The fourth-order valence-corrected chi connectivity index (χ4v) is 3.37. The molecule has 10 heteroatoms. The summed E-state index contributed by atoms with van der Waals surface area (Å²) in [6.07, 6.45) is 2.88. The number of carbonyl (C=O) groups is 2. The first-order chi connectivity index (χ1) is 13.8. The number of anilines is 3. The van der Waals surface area contributed by atoms with E-state index in [1.54, 1.807) is 12.1 Å². The summed E-state index contributed by atoms with van der Waals surface area (Å²) in [7, 11) is -3.80. The second kappa shape index (κ2) is 8.48. The topological polar surface area (TPSA) is 130 Å². The molecule has 0 saturated heterocycles. The van der Waals surface area contributed by atoms with Crippen LogP contribution in [0.15, 0.2) is 71.9 Å². The number of rotatable bonds is 6. The Balaban J connectivity index is 1.70. The van der Waals surface area contributed by atoms with Crippen molar-refractivity contribution in [2.45, 2.75) is 11.8 Å². The number of nitrogens with zero attached hydrogens (tertiary/aromatic N) is 2. The molecule has 0 bridgehead atoms. The second-order valence-corrected chi connectivity index (χ2v) is 7.59. The van der Waals surface area contributed by atoms with Crippen molar-refractivity contribution in [2.75, 3.05) is 15.4 Å². The van der Waals surface area contributed by atoms with Crippen molar-refractivity contribution in [1.29, 1.82) is 0 Å². The zero-order valence-electron chi connectivity index (χ0n) is 15.3. The summed E-state index contributed by atoms with van der Waals surface area (Å²) in [5.41, 5.74) is 0.696. The monoisotopic (exact) mass is 411 g/mol. The van der Waals surface area contributed by atoms with Gasteiger partial charge in [-0.3, -0.25) is 14.3 Å². The maximum absolute atomic E-state index is 12.4. The SMILES string of the molecule is CC(=O)Nc1cc(C(=O)Nc2ccc(S(=O)(=O)Nc3ccccn3)cc2)ccn1. The number of carbonyl (C=O) groups excluding carboxylic acids is 2. The van der Waals surface area contributed by atoms with Gasteiger partial charge in [-0.25, -0.2) is 18.4 Å². The highest BCUT2D eigenvalue weighted by molar-refractivity contribution is 7.92. The van der Waals surface area contributed by atoms with Gasteiger partial charge in [0.05, 0.1) is 4.90 Å². The first-order valence-electron chi connectivity index (χ1n) is 8.42. The number of hydrogen-bond acceptors (Lipinski definition) is 6. The molecule has 9 nitrogen and oxygen atoms in total. The van der Waals surface area contributed by atoms with Crippen molar-refractivity contribution < 1.29 is 18.0 Å². The first kappa shape index (κ1) is 20.0. The van der Waals surface area contributed by atoms with Gasteiger partial charge in [0, 0.05) is 30.6 Å². The molecule has 2 heterocycles. The van der Waals surface area contributed by atoms with Crippen molar-refractivity contribution in [1.82, 2.24) is 9.97 Å². The van der Waals surface area contributed by atoms with Crippen LogP contribution >= 0.6 is 0 Å². The van der Waals surface area contributed by atoms with E-state index in [1.807, 2.05) is 0 Å². The van der Waals surface area contributed by atoms with Gasteiger partial charge in [0.1, 0.15) is 11.6 Å². The Hall–Kier alpha value is -3.79. The summed E-state index contributed by atoms with van der Waals surface area (Å²) in [6, 6.07) is 13.5. The van der Waals surface area contributed by atoms with Crippen LogP contribution in [0.3, 0.4) is 0 Å². The molecule has 0 aliphatic carbocycles. The van der Waals surface area contributed by atoms with E-state index in [4.69, 9.17) is 0 Å². The Kier molecular flexibility index (Phi) is 5.84. The predicted octanol–water partition coefficient (Wildman–Crippen LogP) is 2.49. The smallest absolute Gasteiger partial charge is 0.263 e. The highest BCUT2D eigenvalue weighted by atomic mass is 32.2. The Morgan fingerprint density at radius 2 is 1.59 bits per heavy atom. The molecule has 1 aromatic carbocycles.